The maximum Gasteiger partial charge on any atom is 0.258 e. The van der Waals surface area contributed by atoms with Crippen LogP contribution < -0.4 is 20.5 Å². The van der Waals surface area contributed by atoms with Gasteiger partial charge in [-0.3, -0.25) is 9.59 Å². The van der Waals surface area contributed by atoms with Crippen LogP contribution in [0.25, 0.3) is 0 Å². The average molecular weight is 326 g/mol. The highest BCUT2D eigenvalue weighted by atomic mass is 16.5. The van der Waals surface area contributed by atoms with Crippen LogP contribution in [0.5, 0.6) is 11.5 Å². The molecule has 3 N–H and O–H groups in total. The summed E-state index contributed by atoms with van der Waals surface area (Å²) in [5.41, 5.74) is 6.69. The van der Waals surface area contributed by atoms with Gasteiger partial charge in [0.15, 0.2) is 6.61 Å². The summed E-state index contributed by atoms with van der Waals surface area (Å²) in [6.07, 6.45) is 0.711. The van der Waals surface area contributed by atoms with Crippen LogP contribution in [0, 0.1) is 0 Å². The third-order valence-corrected chi connectivity index (χ3v) is 3.73. The fraction of sp³-hybridized carbons (Fsp3) is 0.222. The summed E-state index contributed by atoms with van der Waals surface area (Å²) in [4.78, 5) is 23.0. The number of fused-ring (bicyclic) bond motifs is 1. The second-order valence-electron chi connectivity index (χ2n) is 5.54. The molecule has 0 aromatic heterocycles. The Labute approximate surface area is 139 Å². The van der Waals surface area contributed by atoms with E-state index in [1.807, 2.05) is 24.3 Å². The third-order valence-electron chi connectivity index (χ3n) is 3.73. The lowest BCUT2D eigenvalue weighted by molar-refractivity contribution is -0.123. The number of amides is 2. The van der Waals surface area contributed by atoms with E-state index in [1.54, 1.807) is 18.2 Å². The molecule has 124 valence electrons. The molecule has 3 rings (SSSR count). The van der Waals surface area contributed by atoms with E-state index >= 15 is 0 Å². The van der Waals surface area contributed by atoms with Gasteiger partial charge in [-0.2, -0.15) is 0 Å². The standard InChI is InChI=1S/C18H18N2O4/c19-18(22)13-5-3-6-14(9-13)23-11-17(21)20-10-15-8-12-4-1-2-7-16(12)24-15/h1-7,9,15H,8,10-11H2,(H2,19,22)(H,20,21)/t15-/m0/s1. The van der Waals surface area contributed by atoms with Crippen LogP contribution in [0.1, 0.15) is 15.9 Å². The molecule has 24 heavy (non-hydrogen) atoms. The fourth-order valence-corrected chi connectivity index (χ4v) is 2.53. The molecular weight excluding hydrogens is 308 g/mol. The molecule has 0 saturated heterocycles. The van der Waals surface area contributed by atoms with Crippen molar-refractivity contribution in [2.45, 2.75) is 12.5 Å². The van der Waals surface area contributed by atoms with Crippen molar-refractivity contribution >= 4 is 11.8 Å². The number of nitrogens with two attached hydrogens (primary N) is 1. The van der Waals surface area contributed by atoms with Gasteiger partial charge in [-0.25, -0.2) is 0 Å². The number of benzene rings is 2. The van der Waals surface area contributed by atoms with Crippen LogP contribution in [0.2, 0.25) is 0 Å². The van der Waals surface area contributed by atoms with Gasteiger partial charge >= 0.3 is 0 Å². The van der Waals surface area contributed by atoms with Crippen LogP contribution in [0.3, 0.4) is 0 Å². The number of hydrogen-bond donors (Lipinski definition) is 2. The molecular formula is C18H18N2O4. The fourth-order valence-electron chi connectivity index (χ4n) is 2.53. The highest BCUT2D eigenvalue weighted by molar-refractivity contribution is 5.93. The van der Waals surface area contributed by atoms with Gasteiger partial charge in [0.1, 0.15) is 17.6 Å². The lowest BCUT2D eigenvalue weighted by atomic mass is 10.1. The Kier molecular flexibility index (Phi) is 4.65. The molecule has 0 aliphatic carbocycles. The summed E-state index contributed by atoms with van der Waals surface area (Å²) < 4.78 is 11.1. The first kappa shape index (κ1) is 15.9. The summed E-state index contributed by atoms with van der Waals surface area (Å²) in [6, 6.07) is 14.2. The van der Waals surface area contributed by atoms with Gasteiger partial charge in [-0.1, -0.05) is 24.3 Å². The minimum atomic E-state index is -0.539. The Balaban J connectivity index is 1.44. The number of para-hydroxylation sites is 1. The summed E-state index contributed by atoms with van der Waals surface area (Å²) >= 11 is 0. The highest BCUT2D eigenvalue weighted by Crippen LogP contribution is 2.27. The van der Waals surface area contributed by atoms with E-state index in [4.69, 9.17) is 15.2 Å². The molecule has 0 fully saturated rings. The summed E-state index contributed by atoms with van der Waals surface area (Å²) in [5.74, 6) is 0.504. The van der Waals surface area contributed by atoms with Gasteiger partial charge in [0.25, 0.3) is 5.91 Å². The number of carbonyl (C=O) groups is 2. The van der Waals surface area contributed by atoms with Gasteiger partial charge in [-0.15, -0.1) is 0 Å². The number of primary amides is 1. The van der Waals surface area contributed by atoms with Gasteiger partial charge in [0.05, 0.1) is 6.54 Å². The monoisotopic (exact) mass is 326 g/mol. The second kappa shape index (κ2) is 7.04. The minimum Gasteiger partial charge on any atom is -0.488 e. The van der Waals surface area contributed by atoms with E-state index < -0.39 is 5.91 Å². The minimum absolute atomic E-state index is 0.0652. The van der Waals surface area contributed by atoms with E-state index in [1.165, 1.54) is 6.07 Å². The molecule has 2 aromatic carbocycles. The lowest BCUT2D eigenvalue weighted by Crippen LogP contribution is -2.37. The number of hydrogen-bond acceptors (Lipinski definition) is 4. The zero-order valence-corrected chi connectivity index (χ0v) is 13.0. The van der Waals surface area contributed by atoms with Crippen molar-refractivity contribution in [2.24, 2.45) is 5.73 Å². The predicted molar refractivity (Wildman–Crippen MR) is 88.0 cm³/mol. The molecule has 1 atom stereocenters. The van der Waals surface area contributed by atoms with E-state index in [0.717, 1.165) is 17.7 Å². The molecule has 2 aromatic rings. The van der Waals surface area contributed by atoms with Crippen LogP contribution in [0.15, 0.2) is 48.5 Å². The Morgan fingerprint density at radius 1 is 1.21 bits per heavy atom. The summed E-state index contributed by atoms with van der Waals surface area (Å²) in [7, 11) is 0. The lowest BCUT2D eigenvalue weighted by Gasteiger charge is -2.12. The molecule has 1 aliphatic heterocycles. The predicted octanol–water partition coefficient (Wildman–Crippen LogP) is 1.28. The van der Waals surface area contributed by atoms with Crippen LogP contribution >= 0.6 is 0 Å². The molecule has 1 heterocycles. The maximum atomic E-state index is 11.9. The molecule has 1 aliphatic rings. The van der Waals surface area contributed by atoms with Crippen molar-refractivity contribution in [3.8, 4) is 11.5 Å². The first-order chi connectivity index (χ1) is 11.6. The normalized spacial score (nSPS) is 15.2. The van der Waals surface area contributed by atoms with Crippen molar-refractivity contribution in [1.82, 2.24) is 5.32 Å². The van der Waals surface area contributed by atoms with E-state index in [-0.39, 0.29) is 18.6 Å². The third kappa shape index (κ3) is 3.84. The second-order valence-corrected chi connectivity index (χ2v) is 5.54. The first-order valence-corrected chi connectivity index (χ1v) is 7.66. The average Bonchev–Trinajstić information content (AvgIpc) is 3.01. The Morgan fingerprint density at radius 2 is 2.04 bits per heavy atom. The van der Waals surface area contributed by atoms with Crippen LogP contribution in [-0.4, -0.2) is 31.1 Å². The van der Waals surface area contributed by atoms with Gasteiger partial charge < -0.3 is 20.5 Å². The van der Waals surface area contributed by atoms with Gasteiger partial charge in [0, 0.05) is 12.0 Å². The largest absolute Gasteiger partial charge is 0.488 e. The van der Waals surface area contributed by atoms with E-state index in [2.05, 4.69) is 5.32 Å². The van der Waals surface area contributed by atoms with Gasteiger partial charge in [0.2, 0.25) is 5.91 Å². The van der Waals surface area contributed by atoms with Crippen LogP contribution in [0.4, 0.5) is 0 Å². The molecule has 0 radical (unpaired) electrons. The Morgan fingerprint density at radius 3 is 2.83 bits per heavy atom. The maximum absolute atomic E-state index is 11.9. The zero-order valence-electron chi connectivity index (χ0n) is 13.0. The first-order valence-electron chi connectivity index (χ1n) is 7.66. The topological polar surface area (TPSA) is 90.7 Å². The number of ether oxygens (including phenoxy) is 2. The highest BCUT2D eigenvalue weighted by Gasteiger charge is 2.22. The summed E-state index contributed by atoms with van der Waals surface area (Å²) in [6.45, 7) is 0.278. The Hall–Kier alpha value is -3.02. The van der Waals surface area contributed by atoms with Crippen molar-refractivity contribution < 1.29 is 19.1 Å². The SMILES string of the molecule is NC(=O)c1cccc(OCC(=O)NC[C@@H]2Cc3ccccc3O2)c1. The van der Waals surface area contributed by atoms with E-state index in [0.29, 0.717) is 17.9 Å². The number of carbonyl (C=O) groups excluding carboxylic acids is 2. The summed E-state index contributed by atoms with van der Waals surface area (Å²) in [5, 5.41) is 2.79. The molecule has 6 nitrogen and oxygen atoms in total. The Bertz CT molecular complexity index is 735. The van der Waals surface area contributed by atoms with E-state index in [9.17, 15) is 9.59 Å². The zero-order chi connectivity index (χ0) is 16.9. The molecule has 2 amide bonds. The van der Waals surface area contributed by atoms with Crippen molar-refractivity contribution in [1.29, 1.82) is 0 Å². The molecule has 0 saturated carbocycles. The smallest absolute Gasteiger partial charge is 0.258 e. The molecule has 0 spiro atoms. The molecule has 0 unspecified atom stereocenters. The quantitative estimate of drug-likeness (QED) is 0.837. The van der Waals surface area contributed by atoms with Crippen molar-refractivity contribution in [3.63, 3.8) is 0 Å². The number of rotatable bonds is 6. The van der Waals surface area contributed by atoms with Crippen molar-refractivity contribution in [2.75, 3.05) is 13.2 Å². The van der Waals surface area contributed by atoms with Crippen molar-refractivity contribution in [3.05, 3.63) is 59.7 Å². The number of nitrogens with one attached hydrogen (secondary N) is 1. The molecule has 0 bridgehead atoms. The van der Waals surface area contributed by atoms with Gasteiger partial charge in [-0.05, 0) is 29.8 Å². The molecule has 6 heteroatoms. The van der Waals surface area contributed by atoms with Crippen LogP contribution in [-0.2, 0) is 11.2 Å².